The molecule has 0 spiro atoms. The van der Waals surface area contributed by atoms with Crippen LogP contribution in [0.2, 0.25) is 0 Å². The highest BCUT2D eigenvalue weighted by Crippen LogP contribution is 2.21. The van der Waals surface area contributed by atoms with Crippen molar-refractivity contribution >= 4 is 15.7 Å². The Labute approximate surface area is 96.7 Å². The van der Waals surface area contributed by atoms with Crippen LogP contribution < -0.4 is 9.46 Å². The number of methoxy groups -OCH3 is 1. The van der Waals surface area contributed by atoms with E-state index >= 15 is 0 Å². The summed E-state index contributed by atoms with van der Waals surface area (Å²) in [6.45, 7) is 3.67. The predicted molar refractivity (Wildman–Crippen MR) is 65.4 cm³/mol. The van der Waals surface area contributed by atoms with Gasteiger partial charge in [0.15, 0.2) is 0 Å². The van der Waals surface area contributed by atoms with Crippen molar-refractivity contribution in [2.45, 2.75) is 20.3 Å². The zero-order chi connectivity index (χ0) is 12.2. The first-order valence-corrected chi connectivity index (χ1v) is 6.79. The van der Waals surface area contributed by atoms with Crippen molar-refractivity contribution in [3.63, 3.8) is 0 Å². The van der Waals surface area contributed by atoms with E-state index in [0.717, 1.165) is 11.3 Å². The predicted octanol–water partition coefficient (Wildman–Crippen LogP) is 2.16. The van der Waals surface area contributed by atoms with E-state index in [1.54, 1.807) is 25.3 Å². The molecule has 0 saturated carbocycles. The average molecular weight is 243 g/mol. The number of hydrogen-bond acceptors (Lipinski definition) is 3. The van der Waals surface area contributed by atoms with E-state index < -0.39 is 10.0 Å². The molecule has 16 heavy (non-hydrogen) atoms. The molecule has 1 N–H and O–H groups in total. The third-order valence-electron chi connectivity index (χ3n) is 2.17. The Morgan fingerprint density at radius 2 is 2.06 bits per heavy atom. The molecule has 1 aromatic carbocycles. The van der Waals surface area contributed by atoms with E-state index in [-0.39, 0.29) is 5.75 Å². The number of anilines is 1. The molecule has 1 aromatic rings. The lowest BCUT2D eigenvalue weighted by Gasteiger charge is -2.10. The smallest absolute Gasteiger partial charge is 0.232 e. The molecule has 0 aliphatic rings. The number of rotatable bonds is 5. The third-order valence-corrected chi connectivity index (χ3v) is 3.65. The fraction of sp³-hybridized carbons (Fsp3) is 0.455. The van der Waals surface area contributed by atoms with Crippen molar-refractivity contribution in [2.75, 3.05) is 17.6 Å². The van der Waals surface area contributed by atoms with Crippen molar-refractivity contribution in [3.8, 4) is 5.75 Å². The molecule has 0 fully saturated rings. The van der Waals surface area contributed by atoms with E-state index in [9.17, 15) is 8.42 Å². The van der Waals surface area contributed by atoms with Gasteiger partial charge in [0, 0.05) is 0 Å². The molecular weight excluding hydrogens is 226 g/mol. The molecule has 4 nitrogen and oxygen atoms in total. The summed E-state index contributed by atoms with van der Waals surface area (Å²) < 4.78 is 30.7. The molecule has 0 unspecified atom stereocenters. The van der Waals surface area contributed by atoms with Gasteiger partial charge in [0.25, 0.3) is 0 Å². The minimum Gasteiger partial charge on any atom is -0.497 e. The molecule has 0 aliphatic carbocycles. The number of sulfonamides is 1. The van der Waals surface area contributed by atoms with E-state index in [1.165, 1.54) is 0 Å². The lowest BCUT2D eigenvalue weighted by atomic mass is 10.2. The number of aryl methyl sites for hydroxylation is 1. The lowest BCUT2D eigenvalue weighted by Crippen LogP contribution is -2.16. The molecule has 5 heteroatoms. The Balaban J connectivity index is 2.90. The third kappa shape index (κ3) is 3.41. The summed E-state index contributed by atoms with van der Waals surface area (Å²) in [5, 5.41) is 0. The molecule has 0 bridgehead atoms. The SMILES string of the molecule is CCCS(=O)(=O)Nc1ccc(OC)cc1C. The first-order valence-electron chi connectivity index (χ1n) is 5.13. The standard InChI is InChI=1S/C11H17NO3S/c1-4-7-16(13,14)12-11-6-5-10(15-3)8-9(11)2/h5-6,8,12H,4,7H2,1-3H3. The second-order valence-electron chi connectivity index (χ2n) is 3.60. The summed E-state index contributed by atoms with van der Waals surface area (Å²) in [4.78, 5) is 0. The maximum Gasteiger partial charge on any atom is 0.232 e. The highest BCUT2D eigenvalue weighted by Gasteiger charge is 2.10. The number of nitrogens with one attached hydrogen (secondary N) is 1. The van der Waals surface area contributed by atoms with Crippen molar-refractivity contribution in [3.05, 3.63) is 23.8 Å². The Bertz CT molecular complexity index is 454. The summed E-state index contributed by atoms with van der Waals surface area (Å²) in [6.07, 6.45) is 0.602. The summed E-state index contributed by atoms with van der Waals surface area (Å²) in [5.74, 6) is 0.856. The molecule has 0 amide bonds. The van der Waals surface area contributed by atoms with Crippen LogP contribution in [0.3, 0.4) is 0 Å². The van der Waals surface area contributed by atoms with Gasteiger partial charge in [0.2, 0.25) is 10.0 Å². The summed E-state index contributed by atoms with van der Waals surface area (Å²) in [6, 6.07) is 5.24. The van der Waals surface area contributed by atoms with Crippen LogP contribution >= 0.6 is 0 Å². The molecule has 0 saturated heterocycles. The fourth-order valence-electron chi connectivity index (χ4n) is 1.36. The summed E-state index contributed by atoms with van der Waals surface area (Å²) in [5.41, 5.74) is 1.45. The Kier molecular flexibility index (Phi) is 4.18. The number of hydrogen-bond donors (Lipinski definition) is 1. The lowest BCUT2D eigenvalue weighted by molar-refractivity contribution is 0.414. The minimum atomic E-state index is -3.22. The molecule has 0 heterocycles. The Morgan fingerprint density at radius 1 is 1.38 bits per heavy atom. The number of benzene rings is 1. The Hall–Kier alpha value is -1.23. The number of ether oxygens (including phenoxy) is 1. The van der Waals surface area contributed by atoms with Gasteiger partial charge in [-0.2, -0.15) is 0 Å². The molecule has 1 rings (SSSR count). The van der Waals surface area contributed by atoms with Crippen LogP contribution in [0.4, 0.5) is 5.69 Å². The average Bonchev–Trinajstić information content (AvgIpc) is 2.20. The van der Waals surface area contributed by atoms with Gasteiger partial charge in [-0.05, 0) is 37.1 Å². The maximum atomic E-state index is 11.6. The topological polar surface area (TPSA) is 55.4 Å². The summed E-state index contributed by atoms with van der Waals surface area (Å²) >= 11 is 0. The van der Waals surface area contributed by atoms with Crippen molar-refractivity contribution in [2.24, 2.45) is 0 Å². The van der Waals surface area contributed by atoms with Crippen LogP contribution in [-0.2, 0) is 10.0 Å². The van der Waals surface area contributed by atoms with E-state index in [1.807, 2.05) is 13.8 Å². The van der Waals surface area contributed by atoms with Crippen molar-refractivity contribution in [1.82, 2.24) is 0 Å². The molecule has 0 atom stereocenters. The van der Waals surface area contributed by atoms with Gasteiger partial charge in [0.05, 0.1) is 18.6 Å². The molecular formula is C11H17NO3S. The molecule has 90 valence electrons. The van der Waals surface area contributed by atoms with Crippen LogP contribution in [0, 0.1) is 6.92 Å². The van der Waals surface area contributed by atoms with Gasteiger partial charge in [-0.25, -0.2) is 8.42 Å². The monoisotopic (exact) mass is 243 g/mol. The highest BCUT2D eigenvalue weighted by molar-refractivity contribution is 7.92. The normalized spacial score (nSPS) is 11.2. The van der Waals surface area contributed by atoms with Gasteiger partial charge in [0.1, 0.15) is 5.75 Å². The zero-order valence-corrected chi connectivity index (χ0v) is 10.6. The van der Waals surface area contributed by atoms with Crippen molar-refractivity contribution in [1.29, 1.82) is 0 Å². The van der Waals surface area contributed by atoms with Gasteiger partial charge in [-0.3, -0.25) is 4.72 Å². The zero-order valence-electron chi connectivity index (χ0n) is 9.78. The molecule has 0 radical (unpaired) electrons. The highest BCUT2D eigenvalue weighted by atomic mass is 32.2. The quantitative estimate of drug-likeness (QED) is 0.862. The second kappa shape index (κ2) is 5.21. The van der Waals surface area contributed by atoms with Gasteiger partial charge in [-0.1, -0.05) is 6.92 Å². The largest absolute Gasteiger partial charge is 0.497 e. The van der Waals surface area contributed by atoms with E-state index in [0.29, 0.717) is 12.1 Å². The van der Waals surface area contributed by atoms with Crippen LogP contribution in [0.1, 0.15) is 18.9 Å². The first kappa shape index (κ1) is 12.8. The Morgan fingerprint density at radius 3 is 2.56 bits per heavy atom. The van der Waals surface area contributed by atoms with E-state index in [2.05, 4.69) is 4.72 Å². The van der Waals surface area contributed by atoms with Crippen molar-refractivity contribution < 1.29 is 13.2 Å². The second-order valence-corrected chi connectivity index (χ2v) is 5.44. The maximum absolute atomic E-state index is 11.6. The molecule has 0 aliphatic heterocycles. The van der Waals surface area contributed by atoms with Gasteiger partial charge in [-0.15, -0.1) is 0 Å². The fourth-order valence-corrected chi connectivity index (χ4v) is 2.57. The van der Waals surface area contributed by atoms with Gasteiger partial charge < -0.3 is 4.74 Å². The van der Waals surface area contributed by atoms with Crippen LogP contribution in [0.15, 0.2) is 18.2 Å². The van der Waals surface area contributed by atoms with E-state index in [4.69, 9.17) is 4.74 Å². The first-order chi connectivity index (χ1) is 7.48. The minimum absolute atomic E-state index is 0.137. The van der Waals surface area contributed by atoms with Crippen LogP contribution in [0.5, 0.6) is 5.75 Å². The summed E-state index contributed by atoms with van der Waals surface area (Å²) in [7, 11) is -1.64. The van der Waals surface area contributed by atoms with Gasteiger partial charge >= 0.3 is 0 Å². The van der Waals surface area contributed by atoms with Crippen LogP contribution in [0.25, 0.3) is 0 Å². The molecule has 0 aromatic heterocycles. The van der Waals surface area contributed by atoms with Crippen LogP contribution in [-0.4, -0.2) is 21.3 Å².